The zero-order valence-corrected chi connectivity index (χ0v) is 12.7. The van der Waals surface area contributed by atoms with Gasteiger partial charge in [-0.25, -0.2) is 4.39 Å². The van der Waals surface area contributed by atoms with E-state index in [-0.39, 0.29) is 5.02 Å². The minimum atomic E-state index is -0.487. The van der Waals surface area contributed by atoms with Crippen LogP contribution in [-0.2, 0) is 13.2 Å². The number of nitrogens with one attached hydrogen (secondary N) is 1. The van der Waals surface area contributed by atoms with Crippen molar-refractivity contribution in [2.45, 2.75) is 26.5 Å². The van der Waals surface area contributed by atoms with Crippen molar-refractivity contribution in [1.29, 1.82) is 0 Å². The van der Waals surface area contributed by atoms with E-state index in [2.05, 4.69) is 17.2 Å². The van der Waals surface area contributed by atoms with Gasteiger partial charge in [-0.2, -0.15) is 0 Å². The van der Waals surface area contributed by atoms with Crippen LogP contribution >= 0.6 is 11.6 Å². The van der Waals surface area contributed by atoms with Gasteiger partial charge < -0.3 is 10.1 Å². The summed E-state index contributed by atoms with van der Waals surface area (Å²) in [4.78, 5) is 4.33. The maximum Gasteiger partial charge on any atom is 0.145 e. The number of halogens is 2. The van der Waals surface area contributed by atoms with Crippen molar-refractivity contribution < 1.29 is 9.13 Å². The van der Waals surface area contributed by atoms with Crippen LogP contribution in [0.25, 0.3) is 0 Å². The normalized spacial score (nSPS) is 10.6. The van der Waals surface area contributed by atoms with Crippen LogP contribution in [-0.4, -0.2) is 11.5 Å². The van der Waals surface area contributed by atoms with Gasteiger partial charge in [-0.15, -0.1) is 0 Å². The Labute approximate surface area is 129 Å². The van der Waals surface area contributed by atoms with E-state index >= 15 is 0 Å². The number of ether oxygens (including phenoxy) is 1. The highest BCUT2D eigenvalue weighted by molar-refractivity contribution is 6.30. The molecule has 1 aromatic heterocycles. The Kier molecular flexibility index (Phi) is 5.96. The maximum absolute atomic E-state index is 13.3. The number of aromatic nitrogens is 1. The first-order chi connectivity index (χ1) is 10.2. The topological polar surface area (TPSA) is 34.1 Å². The first-order valence-corrected chi connectivity index (χ1v) is 7.29. The van der Waals surface area contributed by atoms with Gasteiger partial charge in [-0.3, -0.25) is 4.98 Å². The fraction of sp³-hybridized carbons (Fsp3) is 0.312. The summed E-state index contributed by atoms with van der Waals surface area (Å²) < 4.78 is 18.8. The molecule has 0 aliphatic heterocycles. The lowest BCUT2D eigenvalue weighted by Gasteiger charge is -2.07. The monoisotopic (exact) mass is 308 g/mol. The summed E-state index contributed by atoms with van der Waals surface area (Å²) in [6.45, 7) is 4.23. The van der Waals surface area contributed by atoms with Crippen LogP contribution in [0.3, 0.4) is 0 Å². The van der Waals surface area contributed by atoms with Crippen molar-refractivity contribution in [2.75, 3.05) is 6.54 Å². The third-order valence-corrected chi connectivity index (χ3v) is 3.23. The molecule has 0 unspecified atom stereocenters. The van der Waals surface area contributed by atoms with Crippen molar-refractivity contribution in [3.05, 3.63) is 58.6 Å². The first-order valence-electron chi connectivity index (χ1n) is 6.91. The molecule has 1 aromatic carbocycles. The number of benzene rings is 1. The van der Waals surface area contributed by atoms with Gasteiger partial charge in [-0.1, -0.05) is 24.6 Å². The lowest BCUT2D eigenvalue weighted by molar-refractivity contribution is 0.299. The molecule has 0 radical (unpaired) electrons. The maximum atomic E-state index is 13.3. The molecule has 2 rings (SSSR count). The van der Waals surface area contributed by atoms with Crippen LogP contribution in [0.4, 0.5) is 4.39 Å². The van der Waals surface area contributed by atoms with Crippen LogP contribution in [0.5, 0.6) is 5.75 Å². The Hall–Kier alpha value is -1.65. The van der Waals surface area contributed by atoms with Crippen molar-refractivity contribution >= 4 is 11.6 Å². The fourth-order valence-electron chi connectivity index (χ4n) is 1.78. The Balaban J connectivity index is 1.86. The van der Waals surface area contributed by atoms with Crippen LogP contribution in [0, 0.1) is 5.82 Å². The van der Waals surface area contributed by atoms with Crippen LogP contribution in [0.1, 0.15) is 24.6 Å². The molecule has 0 bridgehead atoms. The van der Waals surface area contributed by atoms with E-state index in [4.69, 9.17) is 16.3 Å². The molecule has 0 spiro atoms. The van der Waals surface area contributed by atoms with E-state index in [0.29, 0.717) is 12.4 Å². The van der Waals surface area contributed by atoms with Gasteiger partial charge in [0.05, 0.1) is 10.7 Å². The standard InChI is InChI=1S/C16H18ClFN2O/c1-2-7-19-9-12-3-4-13(20-10-12)11-21-14-5-6-15(17)16(18)8-14/h3-6,8,10,19H,2,7,9,11H2,1H3. The molecule has 21 heavy (non-hydrogen) atoms. The van der Waals surface area contributed by atoms with Gasteiger partial charge in [0.25, 0.3) is 0 Å². The van der Waals surface area contributed by atoms with E-state index in [1.165, 1.54) is 12.1 Å². The number of nitrogens with zero attached hydrogens (tertiary/aromatic N) is 1. The summed E-state index contributed by atoms with van der Waals surface area (Å²) in [7, 11) is 0. The van der Waals surface area contributed by atoms with Gasteiger partial charge in [0, 0.05) is 18.8 Å². The SMILES string of the molecule is CCCNCc1ccc(COc2ccc(Cl)c(F)c2)nc1. The second-order valence-corrected chi connectivity index (χ2v) is 5.11. The van der Waals surface area contributed by atoms with Crippen molar-refractivity contribution in [3.63, 3.8) is 0 Å². The van der Waals surface area contributed by atoms with Gasteiger partial charge in [-0.05, 0) is 36.7 Å². The predicted molar refractivity (Wildman–Crippen MR) is 82.0 cm³/mol. The highest BCUT2D eigenvalue weighted by atomic mass is 35.5. The van der Waals surface area contributed by atoms with E-state index in [1.807, 2.05) is 18.3 Å². The lowest BCUT2D eigenvalue weighted by atomic mass is 10.2. The highest BCUT2D eigenvalue weighted by Gasteiger charge is 2.03. The van der Waals surface area contributed by atoms with E-state index in [0.717, 1.165) is 30.8 Å². The molecule has 2 aromatic rings. The Morgan fingerprint density at radius 2 is 2.14 bits per heavy atom. The Bertz CT molecular complexity index is 575. The second-order valence-electron chi connectivity index (χ2n) is 4.70. The van der Waals surface area contributed by atoms with Gasteiger partial charge in [0.1, 0.15) is 18.2 Å². The van der Waals surface area contributed by atoms with Crippen LogP contribution in [0.15, 0.2) is 36.5 Å². The molecule has 0 saturated carbocycles. The number of pyridine rings is 1. The minimum absolute atomic E-state index is 0.0874. The summed E-state index contributed by atoms with van der Waals surface area (Å²) in [5, 5.41) is 3.40. The molecule has 0 amide bonds. The average Bonchev–Trinajstić information content (AvgIpc) is 2.50. The van der Waals surface area contributed by atoms with Crippen molar-refractivity contribution in [3.8, 4) is 5.75 Å². The quantitative estimate of drug-likeness (QED) is 0.786. The van der Waals surface area contributed by atoms with E-state index in [9.17, 15) is 4.39 Å². The fourth-order valence-corrected chi connectivity index (χ4v) is 1.90. The molecule has 0 atom stereocenters. The molecular weight excluding hydrogens is 291 g/mol. The molecule has 3 nitrogen and oxygen atoms in total. The first kappa shape index (κ1) is 15.7. The molecule has 0 fully saturated rings. The van der Waals surface area contributed by atoms with Gasteiger partial charge >= 0.3 is 0 Å². The molecule has 0 aliphatic carbocycles. The van der Waals surface area contributed by atoms with E-state index in [1.54, 1.807) is 6.07 Å². The smallest absolute Gasteiger partial charge is 0.145 e. The Morgan fingerprint density at radius 3 is 2.81 bits per heavy atom. The second kappa shape index (κ2) is 7.96. The van der Waals surface area contributed by atoms with Crippen molar-refractivity contribution in [2.24, 2.45) is 0 Å². The van der Waals surface area contributed by atoms with E-state index < -0.39 is 5.82 Å². The van der Waals surface area contributed by atoms with Gasteiger partial charge in [0.2, 0.25) is 0 Å². The molecule has 0 aliphatic rings. The molecule has 1 N–H and O–H groups in total. The third-order valence-electron chi connectivity index (χ3n) is 2.92. The largest absolute Gasteiger partial charge is 0.487 e. The average molecular weight is 309 g/mol. The predicted octanol–water partition coefficient (Wildman–Crippen LogP) is 3.95. The lowest BCUT2D eigenvalue weighted by Crippen LogP contribution is -2.14. The highest BCUT2D eigenvalue weighted by Crippen LogP contribution is 2.21. The minimum Gasteiger partial charge on any atom is -0.487 e. The molecule has 5 heteroatoms. The molecule has 1 heterocycles. The zero-order chi connectivity index (χ0) is 15.1. The summed E-state index contributed by atoms with van der Waals surface area (Å²) in [6, 6.07) is 8.30. The summed E-state index contributed by atoms with van der Waals surface area (Å²) in [5.74, 6) is -0.0492. The Morgan fingerprint density at radius 1 is 1.29 bits per heavy atom. The van der Waals surface area contributed by atoms with Crippen LogP contribution in [0.2, 0.25) is 5.02 Å². The number of rotatable bonds is 7. The molecular formula is C16H18ClFN2O. The summed E-state index contributed by atoms with van der Waals surface area (Å²) in [5.41, 5.74) is 1.93. The van der Waals surface area contributed by atoms with Crippen molar-refractivity contribution in [1.82, 2.24) is 10.3 Å². The zero-order valence-electron chi connectivity index (χ0n) is 11.9. The van der Waals surface area contributed by atoms with Crippen LogP contribution < -0.4 is 10.1 Å². The molecule has 0 saturated heterocycles. The summed E-state index contributed by atoms with van der Waals surface area (Å²) >= 11 is 5.62. The third kappa shape index (κ3) is 4.99. The molecule has 112 valence electrons. The van der Waals surface area contributed by atoms with Gasteiger partial charge in [0.15, 0.2) is 0 Å². The number of hydrogen-bond acceptors (Lipinski definition) is 3. The number of hydrogen-bond donors (Lipinski definition) is 1. The summed E-state index contributed by atoms with van der Waals surface area (Å²) in [6.07, 6.45) is 2.93.